The van der Waals surface area contributed by atoms with Gasteiger partial charge in [-0.25, -0.2) is 0 Å². The van der Waals surface area contributed by atoms with Crippen molar-refractivity contribution in [3.8, 4) is 0 Å². The monoisotopic (exact) mass is 251 g/mol. The van der Waals surface area contributed by atoms with Gasteiger partial charge >= 0.3 is 0 Å². The number of halogens is 1. The van der Waals surface area contributed by atoms with Gasteiger partial charge < -0.3 is 5.32 Å². The van der Waals surface area contributed by atoms with Gasteiger partial charge in [0.25, 0.3) is 0 Å². The van der Waals surface area contributed by atoms with Crippen molar-refractivity contribution in [3.63, 3.8) is 0 Å². The summed E-state index contributed by atoms with van der Waals surface area (Å²) in [5, 5.41) is 3.15. The molecule has 1 aliphatic rings. The summed E-state index contributed by atoms with van der Waals surface area (Å²) in [4.78, 5) is 11.9. The lowest BCUT2D eigenvalue weighted by atomic mass is 9.94. The molecule has 2 atom stereocenters. The lowest BCUT2D eigenvalue weighted by Crippen LogP contribution is -2.43. The number of alkyl halides is 1. The number of carbonyl (C=O) groups excluding carboxylic acids is 1. The Balaban J connectivity index is 1.84. The predicted molar refractivity (Wildman–Crippen MR) is 70.2 cm³/mol. The molecule has 1 fully saturated rings. The number of benzene rings is 1. The van der Waals surface area contributed by atoms with Crippen LogP contribution in [0.5, 0.6) is 0 Å². The summed E-state index contributed by atoms with van der Waals surface area (Å²) in [5.41, 5.74) is 1.05. The lowest BCUT2D eigenvalue weighted by Gasteiger charge is -2.27. The number of hydrogen-bond donors (Lipinski definition) is 1. The summed E-state index contributed by atoms with van der Waals surface area (Å²) in [5.74, 6) is 0.0775. The average Bonchev–Trinajstić information content (AvgIpc) is 2.33. The molecule has 2 nitrogen and oxygen atoms in total. The Hall–Kier alpha value is -1.02. The fraction of sp³-hybridized carbons (Fsp3) is 0.500. The summed E-state index contributed by atoms with van der Waals surface area (Å²) >= 11 is 6.22. The zero-order valence-electron chi connectivity index (χ0n) is 9.86. The molecule has 0 saturated heterocycles. The molecule has 1 aromatic rings. The fourth-order valence-corrected chi connectivity index (χ4v) is 2.63. The van der Waals surface area contributed by atoms with Gasteiger partial charge in [-0.3, -0.25) is 4.79 Å². The highest BCUT2D eigenvalue weighted by atomic mass is 35.5. The van der Waals surface area contributed by atoms with Gasteiger partial charge in [0.15, 0.2) is 0 Å². The van der Waals surface area contributed by atoms with Crippen LogP contribution >= 0.6 is 11.6 Å². The van der Waals surface area contributed by atoms with E-state index in [4.69, 9.17) is 11.6 Å². The number of hydrogen-bond acceptors (Lipinski definition) is 1. The van der Waals surface area contributed by atoms with E-state index in [9.17, 15) is 4.79 Å². The van der Waals surface area contributed by atoms with E-state index in [-0.39, 0.29) is 17.3 Å². The van der Waals surface area contributed by atoms with E-state index in [0.717, 1.165) is 18.4 Å². The van der Waals surface area contributed by atoms with Crippen molar-refractivity contribution in [2.24, 2.45) is 0 Å². The zero-order valence-corrected chi connectivity index (χ0v) is 10.6. The van der Waals surface area contributed by atoms with E-state index in [1.165, 1.54) is 12.8 Å². The number of carbonyl (C=O) groups is 1. The number of amides is 1. The van der Waals surface area contributed by atoms with E-state index in [0.29, 0.717) is 6.42 Å². The van der Waals surface area contributed by atoms with Crippen LogP contribution in [0.2, 0.25) is 0 Å². The summed E-state index contributed by atoms with van der Waals surface area (Å²) in [7, 11) is 0. The van der Waals surface area contributed by atoms with Crippen molar-refractivity contribution in [3.05, 3.63) is 35.9 Å². The molecule has 3 heteroatoms. The molecular weight excluding hydrogens is 234 g/mol. The molecule has 0 spiro atoms. The molecule has 92 valence electrons. The summed E-state index contributed by atoms with van der Waals surface area (Å²) in [6.07, 6.45) is 4.81. The minimum atomic E-state index is 0.0775. The van der Waals surface area contributed by atoms with E-state index < -0.39 is 0 Å². The first-order valence-corrected chi connectivity index (χ1v) is 6.67. The highest BCUT2D eigenvalue weighted by Crippen LogP contribution is 2.23. The third-order valence-electron chi connectivity index (χ3n) is 3.24. The molecule has 1 N–H and O–H groups in total. The Morgan fingerprint density at radius 1 is 1.24 bits per heavy atom. The molecule has 0 aromatic heterocycles. The molecule has 2 rings (SSSR count). The van der Waals surface area contributed by atoms with Gasteiger partial charge in [-0.15, -0.1) is 11.6 Å². The minimum Gasteiger partial charge on any atom is -0.352 e. The number of nitrogens with one attached hydrogen (secondary N) is 1. The van der Waals surface area contributed by atoms with E-state index >= 15 is 0 Å². The molecule has 1 saturated carbocycles. The normalized spacial score (nSPS) is 24.3. The van der Waals surface area contributed by atoms with Crippen molar-refractivity contribution >= 4 is 17.5 Å². The second kappa shape index (κ2) is 6.06. The molecule has 2 unspecified atom stereocenters. The Morgan fingerprint density at radius 2 is 1.94 bits per heavy atom. The molecule has 0 aliphatic heterocycles. The molecule has 0 heterocycles. The minimum absolute atomic E-state index is 0.0775. The Kier molecular flexibility index (Phi) is 4.43. The largest absolute Gasteiger partial charge is 0.352 e. The third kappa shape index (κ3) is 3.74. The third-order valence-corrected chi connectivity index (χ3v) is 3.76. The SMILES string of the molecule is O=C(Cc1ccccc1)NC1CCCCC1Cl. The zero-order chi connectivity index (χ0) is 12.1. The Labute approximate surface area is 107 Å². The fourth-order valence-electron chi connectivity index (χ4n) is 2.29. The number of rotatable bonds is 3. The smallest absolute Gasteiger partial charge is 0.224 e. The van der Waals surface area contributed by atoms with Crippen LogP contribution < -0.4 is 5.32 Å². The van der Waals surface area contributed by atoms with Gasteiger partial charge in [-0.05, 0) is 18.4 Å². The second-order valence-corrected chi connectivity index (χ2v) is 5.20. The molecule has 1 amide bonds. The molecule has 17 heavy (non-hydrogen) atoms. The molecule has 0 bridgehead atoms. The Bertz CT molecular complexity index is 366. The first-order valence-electron chi connectivity index (χ1n) is 6.23. The summed E-state index contributed by atoms with van der Waals surface area (Å²) < 4.78 is 0. The van der Waals surface area contributed by atoms with Crippen LogP contribution in [-0.2, 0) is 11.2 Å². The molecule has 0 radical (unpaired) electrons. The standard InChI is InChI=1S/C14H18ClNO/c15-12-8-4-5-9-13(12)16-14(17)10-11-6-2-1-3-7-11/h1-3,6-7,12-13H,4-5,8-10H2,(H,16,17). The van der Waals surface area contributed by atoms with Crippen LogP contribution in [0.25, 0.3) is 0 Å². The highest BCUT2D eigenvalue weighted by molar-refractivity contribution is 6.21. The quantitative estimate of drug-likeness (QED) is 0.823. The van der Waals surface area contributed by atoms with Crippen LogP contribution in [0.3, 0.4) is 0 Å². The second-order valence-electron chi connectivity index (χ2n) is 4.64. The Morgan fingerprint density at radius 3 is 2.65 bits per heavy atom. The first kappa shape index (κ1) is 12.4. The van der Waals surface area contributed by atoms with Crippen molar-refractivity contribution in [1.82, 2.24) is 5.32 Å². The summed E-state index contributed by atoms with van der Waals surface area (Å²) in [6, 6.07) is 9.96. The van der Waals surface area contributed by atoms with Crippen LogP contribution in [0.4, 0.5) is 0 Å². The van der Waals surface area contributed by atoms with Gasteiger partial charge in [-0.1, -0.05) is 43.2 Å². The highest BCUT2D eigenvalue weighted by Gasteiger charge is 2.24. The maximum absolute atomic E-state index is 11.9. The van der Waals surface area contributed by atoms with Crippen molar-refractivity contribution in [2.75, 3.05) is 0 Å². The molecular formula is C14H18ClNO. The van der Waals surface area contributed by atoms with Crippen molar-refractivity contribution in [2.45, 2.75) is 43.5 Å². The summed E-state index contributed by atoms with van der Waals surface area (Å²) in [6.45, 7) is 0. The van der Waals surface area contributed by atoms with E-state index in [1.54, 1.807) is 0 Å². The van der Waals surface area contributed by atoms with Crippen LogP contribution in [0.1, 0.15) is 31.2 Å². The maximum atomic E-state index is 11.9. The van der Waals surface area contributed by atoms with Gasteiger partial charge in [0.2, 0.25) is 5.91 Å². The van der Waals surface area contributed by atoms with E-state index in [1.807, 2.05) is 30.3 Å². The van der Waals surface area contributed by atoms with Gasteiger partial charge in [-0.2, -0.15) is 0 Å². The molecule has 1 aromatic carbocycles. The first-order chi connectivity index (χ1) is 8.25. The van der Waals surface area contributed by atoms with Crippen LogP contribution in [0.15, 0.2) is 30.3 Å². The van der Waals surface area contributed by atoms with Gasteiger partial charge in [0.05, 0.1) is 11.8 Å². The lowest BCUT2D eigenvalue weighted by molar-refractivity contribution is -0.121. The van der Waals surface area contributed by atoms with E-state index in [2.05, 4.69) is 5.32 Å². The van der Waals surface area contributed by atoms with Crippen molar-refractivity contribution in [1.29, 1.82) is 0 Å². The van der Waals surface area contributed by atoms with Crippen LogP contribution in [0, 0.1) is 0 Å². The predicted octanol–water partition coefficient (Wildman–Crippen LogP) is 2.90. The molecule has 1 aliphatic carbocycles. The van der Waals surface area contributed by atoms with Gasteiger partial charge in [0.1, 0.15) is 0 Å². The van der Waals surface area contributed by atoms with Gasteiger partial charge in [0, 0.05) is 6.04 Å². The maximum Gasteiger partial charge on any atom is 0.224 e. The average molecular weight is 252 g/mol. The topological polar surface area (TPSA) is 29.1 Å². The van der Waals surface area contributed by atoms with Crippen LogP contribution in [-0.4, -0.2) is 17.3 Å². The van der Waals surface area contributed by atoms with Crippen molar-refractivity contribution < 1.29 is 4.79 Å².